The number of hydrogen-bond donors (Lipinski definition) is 0. The average molecular weight is 138 g/mol. The van der Waals surface area contributed by atoms with Crippen molar-refractivity contribution >= 4 is 0 Å². The van der Waals surface area contributed by atoms with Crippen molar-refractivity contribution in [2.75, 3.05) is 6.61 Å². The van der Waals surface area contributed by atoms with E-state index in [0.29, 0.717) is 6.10 Å². The lowest BCUT2D eigenvalue weighted by Crippen LogP contribution is -1.92. The Kier molecular flexibility index (Phi) is 1.24. The van der Waals surface area contributed by atoms with E-state index in [-0.39, 0.29) is 0 Å². The standard InChI is InChI=1S/C7H10N2O/c1-9-3-6(8-5-9)2-7-4-10-7/h3,5,7H,2,4H2,1H3. The van der Waals surface area contributed by atoms with Gasteiger partial charge in [0, 0.05) is 19.7 Å². The van der Waals surface area contributed by atoms with E-state index < -0.39 is 0 Å². The van der Waals surface area contributed by atoms with Crippen LogP contribution in [-0.2, 0) is 18.2 Å². The van der Waals surface area contributed by atoms with Crippen LogP contribution in [0.2, 0.25) is 0 Å². The third-order valence-electron chi connectivity index (χ3n) is 1.60. The van der Waals surface area contributed by atoms with E-state index in [1.165, 1.54) is 0 Å². The molecule has 0 saturated carbocycles. The third-order valence-corrected chi connectivity index (χ3v) is 1.60. The predicted molar refractivity (Wildman–Crippen MR) is 36.7 cm³/mol. The fourth-order valence-electron chi connectivity index (χ4n) is 0.992. The zero-order valence-corrected chi connectivity index (χ0v) is 5.95. The minimum Gasteiger partial charge on any atom is -0.373 e. The number of hydrogen-bond acceptors (Lipinski definition) is 2. The summed E-state index contributed by atoms with van der Waals surface area (Å²) in [6.07, 6.45) is 5.27. The zero-order chi connectivity index (χ0) is 6.97. The largest absolute Gasteiger partial charge is 0.373 e. The Morgan fingerprint density at radius 2 is 2.70 bits per heavy atom. The lowest BCUT2D eigenvalue weighted by molar-refractivity contribution is 0.406. The molecule has 0 aromatic carbocycles. The first-order chi connectivity index (χ1) is 4.84. The maximum atomic E-state index is 5.07. The summed E-state index contributed by atoms with van der Waals surface area (Å²) in [4.78, 5) is 4.18. The zero-order valence-electron chi connectivity index (χ0n) is 5.95. The van der Waals surface area contributed by atoms with Gasteiger partial charge >= 0.3 is 0 Å². The Labute approximate surface area is 59.6 Å². The highest BCUT2D eigenvalue weighted by Crippen LogP contribution is 2.13. The van der Waals surface area contributed by atoms with Crippen LogP contribution in [0.25, 0.3) is 0 Å². The quantitative estimate of drug-likeness (QED) is 0.552. The molecule has 1 unspecified atom stereocenters. The molecule has 1 atom stereocenters. The molecule has 0 N–H and O–H groups in total. The fraction of sp³-hybridized carbons (Fsp3) is 0.571. The van der Waals surface area contributed by atoms with Gasteiger partial charge in [0.05, 0.1) is 24.7 Å². The highest BCUT2D eigenvalue weighted by atomic mass is 16.6. The number of aryl methyl sites for hydroxylation is 1. The molecular weight excluding hydrogens is 128 g/mol. The summed E-state index contributed by atoms with van der Waals surface area (Å²) in [6, 6.07) is 0. The molecule has 0 radical (unpaired) electrons. The van der Waals surface area contributed by atoms with Crippen molar-refractivity contribution in [2.45, 2.75) is 12.5 Å². The first-order valence-electron chi connectivity index (χ1n) is 3.43. The van der Waals surface area contributed by atoms with Crippen LogP contribution in [0.3, 0.4) is 0 Å². The molecular formula is C7H10N2O. The maximum absolute atomic E-state index is 5.07. The minimum absolute atomic E-state index is 0.454. The summed E-state index contributed by atoms with van der Waals surface area (Å²) in [5.74, 6) is 0. The van der Waals surface area contributed by atoms with Gasteiger partial charge in [0.25, 0.3) is 0 Å². The Morgan fingerprint density at radius 3 is 3.20 bits per heavy atom. The van der Waals surface area contributed by atoms with Gasteiger partial charge in [0.1, 0.15) is 0 Å². The van der Waals surface area contributed by atoms with Gasteiger partial charge in [-0.2, -0.15) is 0 Å². The molecule has 1 saturated heterocycles. The highest BCUT2D eigenvalue weighted by molar-refractivity contribution is 4.99. The summed E-state index contributed by atoms with van der Waals surface area (Å²) in [6.45, 7) is 0.913. The second-order valence-corrected chi connectivity index (χ2v) is 2.69. The van der Waals surface area contributed by atoms with E-state index in [0.717, 1.165) is 18.7 Å². The Morgan fingerprint density at radius 1 is 1.90 bits per heavy atom. The van der Waals surface area contributed by atoms with E-state index in [1.807, 2.05) is 24.1 Å². The SMILES string of the molecule is Cn1cnc(CC2CO2)c1. The van der Waals surface area contributed by atoms with Gasteiger partial charge in [-0.3, -0.25) is 0 Å². The van der Waals surface area contributed by atoms with Crippen molar-refractivity contribution in [2.24, 2.45) is 7.05 Å². The third kappa shape index (κ3) is 1.19. The van der Waals surface area contributed by atoms with Crippen LogP contribution in [0.1, 0.15) is 5.69 Å². The van der Waals surface area contributed by atoms with E-state index in [2.05, 4.69) is 4.98 Å². The van der Waals surface area contributed by atoms with Crippen LogP contribution < -0.4 is 0 Å². The van der Waals surface area contributed by atoms with Crippen molar-refractivity contribution in [3.8, 4) is 0 Å². The van der Waals surface area contributed by atoms with Crippen LogP contribution >= 0.6 is 0 Å². The molecule has 0 bridgehead atoms. The van der Waals surface area contributed by atoms with Crippen LogP contribution in [0.4, 0.5) is 0 Å². The van der Waals surface area contributed by atoms with Crippen molar-refractivity contribution in [1.29, 1.82) is 0 Å². The molecule has 3 heteroatoms. The Balaban J connectivity index is 2.03. The lowest BCUT2D eigenvalue weighted by atomic mass is 10.3. The number of epoxide rings is 1. The van der Waals surface area contributed by atoms with E-state index in [4.69, 9.17) is 4.74 Å². The van der Waals surface area contributed by atoms with Crippen molar-refractivity contribution in [3.05, 3.63) is 18.2 Å². The second-order valence-electron chi connectivity index (χ2n) is 2.69. The van der Waals surface area contributed by atoms with E-state index in [9.17, 15) is 0 Å². The van der Waals surface area contributed by atoms with Gasteiger partial charge in [-0.15, -0.1) is 0 Å². The van der Waals surface area contributed by atoms with Gasteiger partial charge in [0.2, 0.25) is 0 Å². The number of ether oxygens (including phenoxy) is 1. The number of rotatable bonds is 2. The van der Waals surface area contributed by atoms with Crippen molar-refractivity contribution < 1.29 is 4.74 Å². The molecule has 1 aromatic rings. The predicted octanol–water partition coefficient (Wildman–Crippen LogP) is 0.361. The molecule has 1 aliphatic rings. The molecule has 0 amide bonds. The van der Waals surface area contributed by atoms with Crippen molar-refractivity contribution in [3.63, 3.8) is 0 Å². The molecule has 2 rings (SSSR count). The molecule has 54 valence electrons. The summed E-state index contributed by atoms with van der Waals surface area (Å²) in [5.41, 5.74) is 1.13. The highest BCUT2D eigenvalue weighted by Gasteiger charge is 2.23. The Hall–Kier alpha value is -0.830. The van der Waals surface area contributed by atoms with Gasteiger partial charge < -0.3 is 9.30 Å². The molecule has 0 spiro atoms. The molecule has 1 aromatic heterocycles. The number of aromatic nitrogens is 2. The molecule has 1 fully saturated rings. The van der Waals surface area contributed by atoms with Crippen LogP contribution in [-0.4, -0.2) is 22.3 Å². The summed E-state index contributed by atoms with van der Waals surface area (Å²) >= 11 is 0. The van der Waals surface area contributed by atoms with Crippen molar-refractivity contribution in [1.82, 2.24) is 9.55 Å². The first kappa shape index (κ1) is 5.92. The second kappa shape index (κ2) is 2.09. The fourth-order valence-corrected chi connectivity index (χ4v) is 0.992. The average Bonchev–Trinajstić information content (AvgIpc) is 2.59. The van der Waals surface area contributed by atoms with Gasteiger partial charge in [0.15, 0.2) is 0 Å². The summed E-state index contributed by atoms with van der Waals surface area (Å²) < 4.78 is 7.03. The topological polar surface area (TPSA) is 30.4 Å². The number of imidazole rings is 1. The van der Waals surface area contributed by atoms with E-state index >= 15 is 0 Å². The normalized spacial score (nSPS) is 23.1. The van der Waals surface area contributed by atoms with Crippen LogP contribution in [0.15, 0.2) is 12.5 Å². The van der Waals surface area contributed by atoms with Crippen LogP contribution in [0.5, 0.6) is 0 Å². The Bertz CT molecular complexity index is 227. The van der Waals surface area contributed by atoms with E-state index in [1.54, 1.807) is 0 Å². The smallest absolute Gasteiger partial charge is 0.0946 e. The monoisotopic (exact) mass is 138 g/mol. The van der Waals surface area contributed by atoms with Gasteiger partial charge in [-0.05, 0) is 0 Å². The van der Waals surface area contributed by atoms with Crippen LogP contribution in [0, 0.1) is 0 Å². The first-order valence-corrected chi connectivity index (χ1v) is 3.43. The molecule has 2 heterocycles. The summed E-state index contributed by atoms with van der Waals surface area (Å²) in [7, 11) is 1.98. The maximum Gasteiger partial charge on any atom is 0.0946 e. The lowest BCUT2D eigenvalue weighted by Gasteiger charge is -1.86. The summed E-state index contributed by atoms with van der Waals surface area (Å²) in [5, 5.41) is 0. The minimum atomic E-state index is 0.454. The molecule has 1 aliphatic heterocycles. The number of nitrogens with zero attached hydrogens (tertiary/aromatic N) is 2. The van der Waals surface area contributed by atoms with Gasteiger partial charge in [-0.25, -0.2) is 4.98 Å². The van der Waals surface area contributed by atoms with Gasteiger partial charge in [-0.1, -0.05) is 0 Å². The molecule has 10 heavy (non-hydrogen) atoms. The molecule has 3 nitrogen and oxygen atoms in total. The molecule has 0 aliphatic carbocycles.